The quantitative estimate of drug-likeness (QED) is 0.565. The highest BCUT2D eigenvalue weighted by molar-refractivity contribution is 6.08. The zero-order valence-electron chi connectivity index (χ0n) is 21.2. The molecule has 4 saturated carbocycles. The SMILES string of the molecule is CC(=O)N1CCC(=O)c2ccccc2N(Cc2ccccc2)C(=O)[C@@H]1CC12CC3CC(CC(C3)C1)C2. The van der Waals surface area contributed by atoms with E-state index in [-0.39, 0.29) is 29.4 Å². The Bertz CT molecular complexity index is 1140. The Morgan fingerprint density at radius 2 is 1.50 bits per heavy atom. The summed E-state index contributed by atoms with van der Waals surface area (Å²) in [5.41, 5.74) is 2.38. The fourth-order valence-electron chi connectivity index (χ4n) is 8.34. The van der Waals surface area contributed by atoms with Crippen molar-refractivity contribution in [2.45, 2.75) is 70.9 Å². The van der Waals surface area contributed by atoms with E-state index in [0.717, 1.165) is 29.7 Å². The first-order chi connectivity index (χ1) is 17.4. The van der Waals surface area contributed by atoms with Gasteiger partial charge in [0.2, 0.25) is 11.8 Å². The number of benzene rings is 2. The van der Waals surface area contributed by atoms with Crippen LogP contribution < -0.4 is 4.90 Å². The van der Waals surface area contributed by atoms with Crippen LogP contribution in [0.5, 0.6) is 0 Å². The van der Waals surface area contributed by atoms with Gasteiger partial charge in [0.15, 0.2) is 5.78 Å². The van der Waals surface area contributed by atoms with Crippen LogP contribution in [0.25, 0.3) is 0 Å². The van der Waals surface area contributed by atoms with Crippen molar-refractivity contribution in [1.82, 2.24) is 4.90 Å². The van der Waals surface area contributed by atoms with E-state index >= 15 is 0 Å². The Hall–Kier alpha value is -2.95. The number of carbonyl (C=O) groups excluding carboxylic acids is 3. The van der Waals surface area contributed by atoms with Crippen molar-refractivity contribution in [2.24, 2.45) is 23.2 Å². The van der Waals surface area contributed by atoms with Crippen LogP contribution >= 0.6 is 0 Å². The second-order valence-corrected chi connectivity index (χ2v) is 12.0. The van der Waals surface area contributed by atoms with Crippen LogP contribution in [0, 0.1) is 23.2 Å². The van der Waals surface area contributed by atoms with Crippen molar-refractivity contribution < 1.29 is 14.4 Å². The average molecular weight is 485 g/mol. The van der Waals surface area contributed by atoms with Gasteiger partial charge in [-0.05, 0) is 85.8 Å². The van der Waals surface area contributed by atoms with Gasteiger partial charge >= 0.3 is 0 Å². The van der Waals surface area contributed by atoms with E-state index in [1.54, 1.807) is 16.7 Å². The number of rotatable bonds is 4. The Balaban J connectivity index is 1.42. The lowest BCUT2D eigenvalue weighted by Crippen LogP contribution is -2.55. The molecule has 5 aliphatic rings. The molecule has 36 heavy (non-hydrogen) atoms. The molecule has 5 nitrogen and oxygen atoms in total. The smallest absolute Gasteiger partial charge is 0.250 e. The summed E-state index contributed by atoms with van der Waals surface area (Å²) in [5.74, 6) is 2.14. The van der Waals surface area contributed by atoms with Crippen molar-refractivity contribution >= 4 is 23.3 Å². The largest absolute Gasteiger partial charge is 0.330 e. The van der Waals surface area contributed by atoms with Crippen LogP contribution in [0.1, 0.15) is 74.2 Å². The molecule has 5 heteroatoms. The van der Waals surface area contributed by atoms with Crippen molar-refractivity contribution in [3.05, 3.63) is 65.7 Å². The van der Waals surface area contributed by atoms with E-state index in [2.05, 4.69) is 0 Å². The van der Waals surface area contributed by atoms with Crippen molar-refractivity contribution in [1.29, 1.82) is 0 Å². The molecule has 1 heterocycles. The zero-order valence-corrected chi connectivity index (χ0v) is 21.2. The highest BCUT2D eigenvalue weighted by Crippen LogP contribution is 2.62. The third-order valence-corrected chi connectivity index (χ3v) is 9.38. The molecule has 2 aromatic carbocycles. The van der Waals surface area contributed by atoms with E-state index in [1.165, 1.54) is 38.5 Å². The summed E-state index contributed by atoms with van der Waals surface area (Å²) in [5, 5.41) is 0. The minimum Gasteiger partial charge on any atom is -0.330 e. The predicted molar refractivity (Wildman–Crippen MR) is 139 cm³/mol. The Morgan fingerprint density at radius 1 is 0.889 bits per heavy atom. The molecule has 1 atom stereocenters. The van der Waals surface area contributed by atoms with Crippen molar-refractivity contribution in [3.8, 4) is 0 Å². The highest BCUT2D eigenvalue weighted by Gasteiger charge is 2.53. The summed E-state index contributed by atoms with van der Waals surface area (Å²) in [6.45, 7) is 2.23. The summed E-state index contributed by atoms with van der Waals surface area (Å²) < 4.78 is 0. The fourth-order valence-corrected chi connectivity index (χ4v) is 8.34. The maximum atomic E-state index is 14.6. The first-order valence-corrected chi connectivity index (χ1v) is 13.7. The van der Waals surface area contributed by atoms with Crippen LogP contribution in [0.2, 0.25) is 0 Å². The number of nitrogens with zero attached hydrogens (tertiary/aromatic N) is 2. The van der Waals surface area contributed by atoms with Crippen LogP contribution in [0.15, 0.2) is 54.6 Å². The number of hydrogen-bond donors (Lipinski definition) is 0. The maximum absolute atomic E-state index is 14.6. The molecule has 0 radical (unpaired) electrons. The molecule has 0 saturated heterocycles. The first kappa shape index (κ1) is 23.4. The molecular weight excluding hydrogens is 448 g/mol. The highest BCUT2D eigenvalue weighted by atomic mass is 16.2. The lowest BCUT2D eigenvalue weighted by Gasteiger charge is -2.58. The molecule has 0 aromatic heterocycles. The normalized spacial score (nSPS) is 31.6. The monoisotopic (exact) mass is 484 g/mol. The second kappa shape index (κ2) is 9.17. The van der Waals surface area contributed by atoms with Gasteiger partial charge in [-0.3, -0.25) is 14.4 Å². The third-order valence-electron chi connectivity index (χ3n) is 9.38. The van der Waals surface area contributed by atoms with Gasteiger partial charge in [0, 0.05) is 25.5 Å². The lowest BCUT2D eigenvalue weighted by atomic mass is 9.48. The Morgan fingerprint density at radius 3 is 2.14 bits per heavy atom. The van der Waals surface area contributed by atoms with Crippen molar-refractivity contribution in [3.63, 3.8) is 0 Å². The van der Waals surface area contributed by atoms with Gasteiger partial charge < -0.3 is 9.80 Å². The summed E-state index contributed by atoms with van der Waals surface area (Å²) in [4.78, 5) is 44.4. The predicted octanol–water partition coefficient (Wildman–Crippen LogP) is 5.63. The molecule has 2 amide bonds. The van der Waals surface area contributed by atoms with Crippen LogP contribution in [0.4, 0.5) is 5.69 Å². The van der Waals surface area contributed by atoms with E-state index < -0.39 is 6.04 Å². The molecule has 0 spiro atoms. The van der Waals surface area contributed by atoms with Crippen LogP contribution in [0.3, 0.4) is 0 Å². The van der Waals surface area contributed by atoms with Crippen LogP contribution in [-0.4, -0.2) is 35.1 Å². The van der Waals surface area contributed by atoms with E-state index in [0.29, 0.717) is 24.3 Å². The lowest BCUT2D eigenvalue weighted by molar-refractivity contribution is -0.142. The molecule has 4 bridgehead atoms. The fraction of sp³-hybridized carbons (Fsp3) is 0.516. The molecule has 2 aromatic rings. The summed E-state index contributed by atoms with van der Waals surface area (Å²) in [7, 11) is 0. The zero-order chi connectivity index (χ0) is 24.9. The van der Waals surface area contributed by atoms with Gasteiger partial charge in [-0.25, -0.2) is 0 Å². The second-order valence-electron chi connectivity index (χ2n) is 12.0. The molecule has 4 aliphatic carbocycles. The number of anilines is 1. The summed E-state index contributed by atoms with van der Waals surface area (Å²) >= 11 is 0. The maximum Gasteiger partial charge on any atom is 0.250 e. The van der Waals surface area contributed by atoms with E-state index in [4.69, 9.17) is 0 Å². The number of Topliss-reactive ketones (excluding diaryl/α,β-unsaturated/α-hetero) is 1. The van der Waals surface area contributed by atoms with E-state index in [9.17, 15) is 14.4 Å². The number of para-hydroxylation sites is 1. The van der Waals surface area contributed by atoms with Gasteiger partial charge in [-0.2, -0.15) is 0 Å². The molecule has 7 rings (SSSR count). The number of hydrogen-bond acceptors (Lipinski definition) is 3. The first-order valence-electron chi connectivity index (χ1n) is 13.7. The van der Waals surface area contributed by atoms with Gasteiger partial charge in [0.05, 0.1) is 12.2 Å². The average Bonchev–Trinajstić information content (AvgIpc) is 2.89. The molecule has 188 valence electrons. The summed E-state index contributed by atoms with van der Waals surface area (Å²) in [6, 6.07) is 16.9. The Kier molecular flexibility index (Phi) is 5.97. The summed E-state index contributed by atoms with van der Waals surface area (Å²) in [6.07, 6.45) is 8.54. The van der Waals surface area contributed by atoms with Crippen molar-refractivity contribution in [2.75, 3.05) is 11.4 Å². The molecule has 0 N–H and O–H groups in total. The molecular formula is C31H36N2O3. The number of carbonyl (C=O) groups is 3. The molecule has 1 aliphatic heterocycles. The molecule has 0 unspecified atom stereocenters. The topological polar surface area (TPSA) is 57.7 Å². The van der Waals surface area contributed by atoms with Crippen LogP contribution in [-0.2, 0) is 16.1 Å². The number of ketones is 1. The minimum atomic E-state index is -0.540. The third kappa shape index (κ3) is 4.27. The number of fused-ring (bicyclic) bond motifs is 1. The van der Waals surface area contributed by atoms with Gasteiger partial charge in [-0.15, -0.1) is 0 Å². The van der Waals surface area contributed by atoms with Gasteiger partial charge in [-0.1, -0.05) is 42.5 Å². The molecule has 4 fully saturated rings. The van der Waals surface area contributed by atoms with Gasteiger partial charge in [0.1, 0.15) is 6.04 Å². The Labute approximate surface area is 213 Å². The minimum absolute atomic E-state index is 0.0156. The van der Waals surface area contributed by atoms with Gasteiger partial charge in [0.25, 0.3) is 0 Å². The number of amides is 2. The van der Waals surface area contributed by atoms with E-state index in [1.807, 2.05) is 54.6 Å². The standard InChI is InChI=1S/C31H36N2O3/c1-21(34)32-12-11-29(35)26-9-5-6-10-27(26)33(20-22-7-3-2-4-8-22)30(36)28(32)19-31-16-23-13-24(17-31)15-25(14-23)18-31/h2-10,23-25,28H,11-20H2,1H3/t23?,24?,25?,28-,31?/m0/s1.